The van der Waals surface area contributed by atoms with Gasteiger partial charge in [0.25, 0.3) is 5.91 Å². The third kappa shape index (κ3) is 4.64. The maximum absolute atomic E-state index is 12.7. The lowest BCUT2D eigenvalue weighted by Crippen LogP contribution is -2.13. The first kappa shape index (κ1) is 20.7. The molecule has 158 valence electrons. The van der Waals surface area contributed by atoms with E-state index in [1.54, 1.807) is 13.1 Å². The molecule has 0 saturated heterocycles. The predicted molar refractivity (Wildman–Crippen MR) is 110 cm³/mol. The number of nitrogens with one attached hydrogen (secondary N) is 1. The van der Waals surface area contributed by atoms with Crippen molar-refractivity contribution in [3.8, 4) is 5.82 Å². The molecule has 4 aromatic rings. The fraction of sp³-hybridized carbons (Fsp3) is 0.143. The summed E-state index contributed by atoms with van der Waals surface area (Å²) in [7, 11) is 0. The van der Waals surface area contributed by atoms with Gasteiger partial charge < -0.3 is 0 Å². The van der Waals surface area contributed by atoms with E-state index in [0.29, 0.717) is 17.2 Å². The molecule has 0 aliphatic rings. The minimum Gasteiger partial charge on any atom is -0.298 e. The average molecular weight is 443 g/mol. The normalized spacial score (nSPS) is 11.5. The van der Waals surface area contributed by atoms with Gasteiger partial charge in [0.15, 0.2) is 10.9 Å². The summed E-state index contributed by atoms with van der Waals surface area (Å²) in [4.78, 5) is 21.7. The van der Waals surface area contributed by atoms with Crippen molar-refractivity contribution in [1.82, 2.24) is 19.7 Å². The number of amides is 1. The van der Waals surface area contributed by atoms with Crippen LogP contribution in [0.4, 0.5) is 18.3 Å². The predicted octanol–water partition coefficient (Wildman–Crippen LogP) is 4.89. The molecule has 1 aromatic carbocycles. The van der Waals surface area contributed by atoms with Crippen molar-refractivity contribution in [3.63, 3.8) is 0 Å². The molecule has 31 heavy (non-hydrogen) atoms. The molecule has 6 nitrogen and oxygen atoms in total. The van der Waals surface area contributed by atoms with Crippen molar-refractivity contribution in [3.05, 3.63) is 88.3 Å². The average Bonchev–Trinajstić information content (AvgIpc) is 3.34. The van der Waals surface area contributed by atoms with Gasteiger partial charge in [0.05, 0.1) is 23.0 Å². The van der Waals surface area contributed by atoms with Crippen LogP contribution in [0, 0.1) is 6.92 Å². The summed E-state index contributed by atoms with van der Waals surface area (Å²) < 4.78 is 39.5. The SMILES string of the molecule is Cc1c(C(=O)Nc2ncc(Cc3ccccc3)s2)cnn1-c1ccc(C(F)(F)F)cn1. The number of anilines is 1. The van der Waals surface area contributed by atoms with Gasteiger partial charge in [-0.05, 0) is 24.6 Å². The molecule has 0 fully saturated rings. The molecule has 10 heteroatoms. The van der Waals surface area contributed by atoms with Gasteiger partial charge in [-0.3, -0.25) is 10.1 Å². The Morgan fingerprint density at radius 1 is 1.06 bits per heavy atom. The zero-order valence-corrected chi connectivity index (χ0v) is 17.0. The zero-order valence-electron chi connectivity index (χ0n) is 16.2. The Balaban J connectivity index is 1.47. The monoisotopic (exact) mass is 443 g/mol. The van der Waals surface area contributed by atoms with Crippen molar-refractivity contribution < 1.29 is 18.0 Å². The van der Waals surface area contributed by atoms with Crippen LogP contribution >= 0.6 is 11.3 Å². The Kier molecular flexibility index (Phi) is 5.55. The molecule has 1 amide bonds. The lowest BCUT2D eigenvalue weighted by molar-refractivity contribution is -0.137. The van der Waals surface area contributed by atoms with E-state index in [0.717, 1.165) is 22.7 Å². The van der Waals surface area contributed by atoms with Crippen molar-refractivity contribution >= 4 is 22.4 Å². The molecule has 1 N–H and O–H groups in total. The van der Waals surface area contributed by atoms with E-state index in [1.165, 1.54) is 28.3 Å². The van der Waals surface area contributed by atoms with Crippen LogP contribution in [0.1, 0.15) is 32.1 Å². The first-order valence-electron chi connectivity index (χ1n) is 9.19. The number of carbonyl (C=O) groups is 1. The van der Waals surface area contributed by atoms with Crippen LogP contribution in [-0.2, 0) is 12.6 Å². The highest BCUT2D eigenvalue weighted by Gasteiger charge is 2.30. The van der Waals surface area contributed by atoms with E-state index < -0.39 is 17.6 Å². The molecule has 0 bridgehead atoms. The fourth-order valence-corrected chi connectivity index (χ4v) is 3.79. The second-order valence-electron chi connectivity index (χ2n) is 6.71. The molecule has 0 radical (unpaired) electrons. The molecular weight excluding hydrogens is 427 g/mol. The van der Waals surface area contributed by atoms with Gasteiger partial charge in [0.1, 0.15) is 0 Å². The molecule has 0 atom stereocenters. The largest absolute Gasteiger partial charge is 0.417 e. The zero-order chi connectivity index (χ0) is 22.0. The van der Waals surface area contributed by atoms with Crippen LogP contribution < -0.4 is 5.32 Å². The van der Waals surface area contributed by atoms with Gasteiger partial charge in [-0.25, -0.2) is 14.6 Å². The van der Waals surface area contributed by atoms with Crippen LogP contribution in [0.25, 0.3) is 5.82 Å². The van der Waals surface area contributed by atoms with Crippen molar-refractivity contribution in [2.45, 2.75) is 19.5 Å². The minimum absolute atomic E-state index is 0.184. The summed E-state index contributed by atoms with van der Waals surface area (Å²) >= 11 is 1.37. The second-order valence-corrected chi connectivity index (χ2v) is 7.82. The van der Waals surface area contributed by atoms with E-state index in [1.807, 2.05) is 30.3 Å². The number of hydrogen-bond acceptors (Lipinski definition) is 5. The number of benzene rings is 1. The highest BCUT2D eigenvalue weighted by atomic mass is 32.1. The summed E-state index contributed by atoms with van der Waals surface area (Å²) in [6.45, 7) is 1.64. The molecule has 0 saturated carbocycles. The molecule has 0 spiro atoms. The van der Waals surface area contributed by atoms with E-state index >= 15 is 0 Å². The summed E-state index contributed by atoms with van der Waals surface area (Å²) in [5.41, 5.74) is 1.02. The van der Waals surface area contributed by atoms with Gasteiger partial charge in [-0.1, -0.05) is 30.3 Å². The van der Waals surface area contributed by atoms with Gasteiger partial charge in [-0.2, -0.15) is 18.3 Å². The van der Waals surface area contributed by atoms with Crippen molar-refractivity contribution in [1.29, 1.82) is 0 Å². The lowest BCUT2D eigenvalue weighted by Gasteiger charge is -2.08. The molecule has 3 aromatic heterocycles. The Hall–Kier alpha value is -3.53. The molecule has 0 aliphatic carbocycles. The number of alkyl halides is 3. The Morgan fingerprint density at radius 2 is 1.84 bits per heavy atom. The maximum Gasteiger partial charge on any atom is 0.417 e. The van der Waals surface area contributed by atoms with Crippen molar-refractivity contribution in [2.75, 3.05) is 5.32 Å². The standard InChI is InChI=1S/C21H16F3N5OS/c1-13-17(12-27-29(13)18-8-7-15(10-25-18)21(22,23)24)19(30)28-20-26-11-16(31-20)9-14-5-3-2-4-6-14/h2-8,10-12H,9H2,1H3,(H,26,28,30). The smallest absolute Gasteiger partial charge is 0.298 e. The number of aromatic nitrogens is 4. The number of nitrogens with zero attached hydrogens (tertiary/aromatic N) is 4. The highest BCUT2D eigenvalue weighted by molar-refractivity contribution is 7.15. The van der Waals surface area contributed by atoms with Gasteiger partial charge in [-0.15, -0.1) is 11.3 Å². The number of hydrogen-bond donors (Lipinski definition) is 1. The quantitative estimate of drug-likeness (QED) is 0.477. The number of thiazole rings is 1. The molecule has 4 rings (SSSR count). The molecule has 0 aliphatic heterocycles. The van der Waals surface area contributed by atoms with E-state index in [9.17, 15) is 18.0 Å². The summed E-state index contributed by atoms with van der Waals surface area (Å²) in [5.74, 6) is -0.222. The number of pyridine rings is 1. The van der Waals surface area contributed by atoms with Gasteiger partial charge in [0.2, 0.25) is 0 Å². The maximum atomic E-state index is 12.7. The van der Waals surface area contributed by atoms with Crippen LogP contribution in [0.3, 0.4) is 0 Å². The van der Waals surface area contributed by atoms with Crippen LogP contribution in [-0.4, -0.2) is 25.7 Å². The third-order valence-electron chi connectivity index (χ3n) is 4.54. The number of carbonyl (C=O) groups excluding carboxylic acids is 1. The topological polar surface area (TPSA) is 72.7 Å². The van der Waals surface area contributed by atoms with Crippen LogP contribution in [0.15, 0.2) is 61.1 Å². The molecule has 3 heterocycles. The van der Waals surface area contributed by atoms with E-state index in [2.05, 4.69) is 20.4 Å². The van der Waals surface area contributed by atoms with Crippen LogP contribution in [0.5, 0.6) is 0 Å². The highest BCUT2D eigenvalue weighted by Crippen LogP contribution is 2.29. The minimum atomic E-state index is -4.47. The molecule has 0 unspecified atom stereocenters. The summed E-state index contributed by atoms with van der Waals surface area (Å²) in [5, 5.41) is 7.30. The summed E-state index contributed by atoms with van der Waals surface area (Å²) in [6, 6.07) is 12.0. The van der Waals surface area contributed by atoms with Crippen molar-refractivity contribution in [2.24, 2.45) is 0 Å². The Morgan fingerprint density at radius 3 is 2.52 bits per heavy atom. The number of halogens is 3. The van der Waals surface area contributed by atoms with E-state index in [-0.39, 0.29) is 11.4 Å². The lowest BCUT2D eigenvalue weighted by atomic mass is 10.1. The van der Waals surface area contributed by atoms with Gasteiger partial charge >= 0.3 is 6.18 Å². The van der Waals surface area contributed by atoms with Gasteiger partial charge in [0, 0.05) is 23.7 Å². The first-order valence-corrected chi connectivity index (χ1v) is 10.0. The van der Waals surface area contributed by atoms with Crippen LogP contribution in [0.2, 0.25) is 0 Å². The molecular formula is C21H16F3N5OS. The fourth-order valence-electron chi connectivity index (χ4n) is 2.95. The number of rotatable bonds is 5. The summed E-state index contributed by atoms with van der Waals surface area (Å²) in [6.07, 6.45) is 0.0476. The first-order chi connectivity index (χ1) is 14.8. The van der Waals surface area contributed by atoms with E-state index in [4.69, 9.17) is 0 Å². The Labute approximate surface area is 179 Å². The second kappa shape index (κ2) is 8.31. The Bertz CT molecular complexity index is 1200. The third-order valence-corrected chi connectivity index (χ3v) is 5.45.